The van der Waals surface area contributed by atoms with Crippen molar-refractivity contribution in [3.05, 3.63) is 71.3 Å². The summed E-state index contributed by atoms with van der Waals surface area (Å²) in [6.45, 7) is 1.35. The molecule has 1 fully saturated rings. The predicted octanol–water partition coefficient (Wildman–Crippen LogP) is 2.38. The molecule has 1 saturated heterocycles. The number of carbonyl (C=O) groups excluding carboxylic acids is 3. The number of halogens is 2. The molecule has 33 heavy (non-hydrogen) atoms. The van der Waals surface area contributed by atoms with Crippen LogP contribution in [0.5, 0.6) is 0 Å². The SMILES string of the molecule is COCCNC(=O)C(NC(=O)c1ccc(F)cc1)C1CCN(C(=O)c2cccc(F)c2)CC1. The minimum Gasteiger partial charge on any atom is -0.383 e. The molecule has 0 radical (unpaired) electrons. The normalized spacial score (nSPS) is 15.1. The molecule has 0 spiro atoms. The molecule has 0 aromatic heterocycles. The highest BCUT2D eigenvalue weighted by molar-refractivity contribution is 5.97. The number of benzene rings is 2. The topological polar surface area (TPSA) is 87.7 Å². The summed E-state index contributed by atoms with van der Waals surface area (Å²) in [5.74, 6) is -2.27. The zero-order chi connectivity index (χ0) is 23.8. The standard InChI is InChI=1S/C24H27F2N3O4/c1-33-14-11-27-23(31)21(28-22(30)17-5-7-19(25)8-6-17)16-9-12-29(13-10-16)24(32)18-3-2-4-20(26)15-18/h2-8,15-16,21H,9-14H2,1H3,(H,27,31)(H,28,30). The molecule has 0 saturated carbocycles. The van der Waals surface area contributed by atoms with Gasteiger partial charge in [0.05, 0.1) is 6.61 Å². The molecule has 9 heteroatoms. The van der Waals surface area contributed by atoms with Crippen LogP contribution in [0.4, 0.5) is 8.78 Å². The van der Waals surface area contributed by atoms with E-state index in [2.05, 4.69) is 10.6 Å². The molecular formula is C24H27F2N3O4. The number of ether oxygens (including phenoxy) is 1. The van der Waals surface area contributed by atoms with Gasteiger partial charge in [-0.15, -0.1) is 0 Å². The second-order valence-corrected chi connectivity index (χ2v) is 7.88. The van der Waals surface area contributed by atoms with E-state index in [-0.39, 0.29) is 35.4 Å². The van der Waals surface area contributed by atoms with E-state index in [0.29, 0.717) is 32.5 Å². The Morgan fingerprint density at radius 2 is 1.73 bits per heavy atom. The van der Waals surface area contributed by atoms with Crippen LogP contribution in [0.1, 0.15) is 33.6 Å². The number of hydrogen-bond acceptors (Lipinski definition) is 4. The maximum atomic E-state index is 13.5. The lowest BCUT2D eigenvalue weighted by atomic mass is 9.88. The van der Waals surface area contributed by atoms with Crippen molar-refractivity contribution in [1.29, 1.82) is 0 Å². The number of piperidine rings is 1. The summed E-state index contributed by atoms with van der Waals surface area (Å²) >= 11 is 0. The Morgan fingerprint density at radius 1 is 1.03 bits per heavy atom. The van der Waals surface area contributed by atoms with E-state index in [4.69, 9.17) is 4.74 Å². The molecule has 1 aliphatic rings. The van der Waals surface area contributed by atoms with Crippen molar-refractivity contribution < 1.29 is 27.9 Å². The zero-order valence-corrected chi connectivity index (χ0v) is 18.4. The molecule has 1 aliphatic heterocycles. The molecule has 3 amide bonds. The molecule has 7 nitrogen and oxygen atoms in total. The summed E-state index contributed by atoms with van der Waals surface area (Å²) in [4.78, 5) is 39.9. The molecule has 0 bridgehead atoms. The highest BCUT2D eigenvalue weighted by Crippen LogP contribution is 2.23. The third-order valence-corrected chi connectivity index (χ3v) is 5.65. The molecule has 2 aromatic rings. The Labute approximate surface area is 191 Å². The minimum absolute atomic E-state index is 0.214. The molecule has 0 aliphatic carbocycles. The van der Waals surface area contributed by atoms with Crippen LogP contribution in [0, 0.1) is 17.6 Å². The van der Waals surface area contributed by atoms with Gasteiger partial charge in [-0.05, 0) is 61.2 Å². The summed E-state index contributed by atoms with van der Waals surface area (Å²) < 4.78 is 31.6. The van der Waals surface area contributed by atoms with Gasteiger partial charge < -0.3 is 20.3 Å². The average molecular weight is 459 g/mol. The van der Waals surface area contributed by atoms with Gasteiger partial charge in [-0.25, -0.2) is 8.78 Å². The summed E-state index contributed by atoms with van der Waals surface area (Å²) in [7, 11) is 1.52. The number of hydrogen-bond donors (Lipinski definition) is 2. The maximum Gasteiger partial charge on any atom is 0.253 e. The first kappa shape index (κ1) is 24.3. The smallest absolute Gasteiger partial charge is 0.253 e. The Morgan fingerprint density at radius 3 is 2.36 bits per heavy atom. The quantitative estimate of drug-likeness (QED) is 0.594. The number of nitrogens with zero attached hydrogens (tertiary/aromatic N) is 1. The van der Waals surface area contributed by atoms with Crippen LogP contribution >= 0.6 is 0 Å². The summed E-state index contributed by atoms with van der Waals surface area (Å²) in [6.07, 6.45) is 0.959. The fraction of sp³-hybridized carbons (Fsp3) is 0.375. The second-order valence-electron chi connectivity index (χ2n) is 7.88. The molecule has 1 unspecified atom stereocenters. The Kier molecular flexibility index (Phi) is 8.48. The highest BCUT2D eigenvalue weighted by atomic mass is 19.1. The molecule has 3 rings (SSSR count). The van der Waals surface area contributed by atoms with Crippen LogP contribution in [-0.2, 0) is 9.53 Å². The van der Waals surface area contributed by atoms with Gasteiger partial charge in [-0.1, -0.05) is 6.07 Å². The van der Waals surface area contributed by atoms with Gasteiger partial charge in [0.15, 0.2) is 0 Å². The van der Waals surface area contributed by atoms with E-state index in [1.54, 1.807) is 11.0 Å². The largest absolute Gasteiger partial charge is 0.383 e. The van der Waals surface area contributed by atoms with E-state index in [0.717, 1.165) is 0 Å². The van der Waals surface area contributed by atoms with E-state index < -0.39 is 23.6 Å². The number of rotatable bonds is 8. The van der Waals surface area contributed by atoms with Crippen LogP contribution in [0.3, 0.4) is 0 Å². The fourth-order valence-corrected chi connectivity index (χ4v) is 3.85. The summed E-state index contributed by atoms with van der Waals surface area (Å²) in [6, 6.07) is 9.76. The second kappa shape index (κ2) is 11.5. The number of nitrogens with one attached hydrogen (secondary N) is 2. The van der Waals surface area contributed by atoms with Gasteiger partial charge in [-0.2, -0.15) is 0 Å². The van der Waals surface area contributed by atoms with Crippen LogP contribution in [0.2, 0.25) is 0 Å². The molecule has 1 atom stereocenters. The first-order valence-corrected chi connectivity index (χ1v) is 10.8. The Hall–Kier alpha value is -3.33. The van der Waals surface area contributed by atoms with E-state index in [9.17, 15) is 23.2 Å². The Balaban J connectivity index is 1.67. The van der Waals surface area contributed by atoms with E-state index in [1.807, 2.05) is 0 Å². The first-order chi connectivity index (χ1) is 15.9. The number of carbonyl (C=O) groups is 3. The van der Waals surface area contributed by atoms with Crippen LogP contribution in [0.15, 0.2) is 48.5 Å². The third kappa shape index (κ3) is 6.58. The van der Waals surface area contributed by atoms with Crippen molar-refractivity contribution in [3.8, 4) is 0 Å². The predicted molar refractivity (Wildman–Crippen MR) is 118 cm³/mol. The van der Waals surface area contributed by atoms with Gasteiger partial charge in [0.25, 0.3) is 11.8 Å². The first-order valence-electron chi connectivity index (χ1n) is 10.8. The van der Waals surface area contributed by atoms with Gasteiger partial charge in [0.1, 0.15) is 17.7 Å². The number of amides is 3. The lowest BCUT2D eigenvalue weighted by molar-refractivity contribution is -0.124. The summed E-state index contributed by atoms with van der Waals surface area (Å²) in [5.41, 5.74) is 0.511. The van der Waals surface area contributed by atoms with Crippen molar-refractivity contribution in [2.45, 2.75) is 18.9 Å². The van der Waals surface area contributed by atoms with Crippen molar-refractivity contribution in [1.82, 2.24) is 15.5 Å². The molecule has 1 heterocycles. The van der Waals surface area contributed by atoms with Gasteiger partial charge in [0.2, 0.25) is 5.91 Å². The fourth-order valence-electron chi connectivity index (χ4n) is 3.85. The van der Waals surface area contributed by atoms with Gasteiger partial charge in [0, 0.05) is 37.9 Å². The molecule has 176 valence electrons. The maximum absolute atomic E-state index is 13.5. The van der Waals surface area contributed by atoms with E-state index in [1.165, 1.54) is 49.6 Å². The zero-order valence-electron chi connectivity index (χ0n) is 18.4. The van der Waals surface area contributed by atoms with Crippen molar-refractivity contribution in [3.63, 3.8) is 0 Å². The minimum atomic E-state index is -0.828. The van der Waals surface area contributed by atoms with E-state index >= 15 is 0 Å². The van der Waals surface area contributed by atoms with Crippen molar-refractivity contribution in [2.24, 2.45) is 5.92 Å². The summed E-state index contributed by atoms with van der Waals surface area (Å²) in [5, 5.41) is 5.52. The van der Waals surface area contributed by atoms with Crippen LogP contribution in [0.25, 0.3) is 0 Å². The molecule has 2 aromatic carbocycles. The van der Waals surface area contributed by atoms with Gasteiger partial charge >= 0.3 is 0 Å². The van der Waals surface area contributed by atoms with Crippen molar-refractivity contribution >= 4 is 17.7 Å². The number of likely N-dealkylation sites (tertiary alicyclic amines) is 1. The monoisotopic (exact) mass is 459 g/mol. The molecular weight excluding hydrogens is 432 g/mol. The average Bonchev–Trinajstić information content (AvgIpc) is 2.82. The lowest BCUT2D eigenvalue weighted by Crippen LogP contribution is -2.54. The molecule has 2 N–H and O–H groups in total. The number of methoxy groups -OCH3 is 1. The van der Waals surface area contributed by atoms with Crippen LogP contribution in [-0.4, -0.2) is 62.0 Å². The van der Waals surface area contributed by atoms with Gasteiger partial charge in [-0.3, -0.25) is 14.4 Å². The van der Waals surface area contributed by atoms with Crippen molar-refractivity contribution in [2.75, 3.05) is 33.4 Å². The third-order valence-electron chi connectivity index (χ3n) is 5.65. The Bertz CT molecular complexity index is 976. The lowest BCUT2D eigenvalue weighted by Gasteiger charge is -2.36. The van der Waals surface area contributed by atoms with Crippen LogP contribution < -0.4 is 10.6 Å². The highest BCUT2D eigenvalue weighted by Gasteiger charge is 2.34.